The van der Waals surface area contributed by atoms with Crippen LogP contribution in [-0.4, -0.2) is 47.9 Å². The van der Waals surface area contributed by atoms with Crippen molar-refractivity contribution in [1.82, 2.24) is 4.90 Å². The molecule has 0 radical (unpaired) electrons. The van der Waals surface area contributed by atoms with E-state index in [1.54, 1.807) is 30.3 Å². The normalized spacial score (nSPS) is 21.4. The molecule has 0 bridgehead atoms. The molecule has 5 nitrogen and oxygen atoms in total. The Hall–Kier alpha value is -2.50. The number of ketones is 1. The van der Waals surface area contributed by atoms with Crippen LogP contribution in [0.15, 0.2) is 54.6 Å². The predicted octanol–water partition coefficient (Wildman–Crippen LogP) is 3.35. The highest BCUT2D eigenvalue weighted by Crippen LogP contribution is 2.21. The summed E-state index contributed by atoms with van der Waals surface area (Å²) in [5.41, 5.74) is 1.63. The van der Waals surface area contributed by atoms with Crippen molar-refractivity contribution < 1.29 is 14.3 Å². The maximum absolute atomic E-state index is 12.8. The monoisotopic (exact) mass is 366 g/mol. The van der Waals surface area contributed by atoms with Gasteiger partial charge in [0.15, 0.2) is 5.78 Å². The molecule has 0 saturated carbocycles. The van der Waals surface area contributed by atoms with E-state index in [9.17, 15) is 9.59 Å². The molecule has 1 saturated heterocycles. The number of benzene rings is 2. The van der Waals surface area contributed by atoms with Crippen LogP contribution in [0.5, 0.6) is 0 Å². The number of rotatable bonds is 5. The highest BCUT2D eigenvalue weighted by molar-refractivity contribution is 6.14. The van der Waals surface area contributed by atoms with Crippen LogP contribution >= 0.6 is 0 Å². The lowest BCUT2D eigenvalue weighted by atomic mass is 10.0. The second-order valence-electron chi connectivity index (χ2n) is 7.12. The number of carbonyl (C=O) groups excluding carboxylic acids is 2. The number of hydrogen-bond donors (Lipinski definition) is 1. The molecule has 1 aliphatic rings. The average molecular weight is 366 g/mol. The molecule has 27 heavy (non-hydrogen) atoms. The molecule has 0 spiro atoms. The average Bonchev–Trinajstić information content (AvgIpc) is 2.67. The van der Waals surface area contributed by atoms with Gasteiger partial charge in [-0.2, -0.15) is 0 Å². The van der Waals surface area contributed by atoms with E-state index in [-0.39, 0.29) is 29.9 Å². The van der Waals surface area contributed by atoms with Crippen LogP contribution in [0.3, 0.4) is 0 Å². The quantitative estimate of drug-likeness (QED) is 0.825. The highest BCUT2D eigenvalue weighted by atomic mass is 16.5. The molecule has 1 heterocycles. The Kier molecular flexibility index (Phi) is 6.04. The Morgan fingerprint density at radius 3 is 2.26 bits per heavy atom. The van der Waals surface area contributed by atoms with E-state index < -0.39 is 0 Å². The van der Waals surface area contributed by atoms with E-state index in [1.165, 1.54) is 0 Å². The topological polar surface area (TPSA) is 58.6 Å². The number of nitrogens with one attached hydrogen (secondary N) is 1. The summed E-state index contributed by atoms with van der Waals surface area (Å²) in [6, 6.07) is 15.9. The molecule has 1 fully saturated rings. The standard InChI is InChI=1S/C22H26N2O3/c1-15-13-24(14-16(2)27-15)17(3)22(26)23-20-12-8-7-11-19(20)21(25)18-9-5-4-6-10-18/h4-12,15-17H,13-14H2,1-3H3,(H,23,26)/t15-,16+,17-/m0/s1. The molecule has 2 aromatic carbocycles. The summed E-state index contributed by atoms with van der Waals surface area (Å²) in [4.78, 5) is 27.8. The van der Waals surface area contributed by atoms with Crippen molar-refractivity contribution in [3.05, 3.63) is 65.7 Å². The molecule has 3 rings (SSSR count). The SMILES string of the molecule is C[C@@H]1CN([C@@H](C)C(=O)Nc2ccccc2C(=O)c2ccccc2)C[C@H](C)O1. The van der Waals surface area contributed by atoms with Gasteiger partial charge < -0.3 is 10.1 Å². The molecule has 1 amide bonds. The van der Waals surface area contributed by atoms with Gasteiger partial charge in [0.2, 0.25) is 5.91 Å². The van der Waals surface area contributed by atoms with Crippen LogP contribution in [-0.2, 0) is 9.53 Å². The molecule has 0 aromatic heterocycles. The molecule has 3 atom stereocenters. The minimum Gasteiger partial charge on any atom is -0.373 e. The number of nitrogens with zero attached hydrogens (tertiary/aromatic N) is 1. The van der Waals surface area contributed by atoms with Gasteiger partial charge in [-0.1, -0.05) is 42.5 Å². The fourth-order valence-corrected chi connectivity index (χ4v) is 3.47. The van der Waals surface area contributed by atoms with Crippen LogP contribution in [0.2, 0.25) is 0 Å². The number of morpholine rings is 1. The summed E-state index contributed by atoms with van der Waals surface area (Å²) in [6.45, 7) is 7.34. The van der Waals surface area contributed by atoms with Crippen molar-refractivity contribution in [3.8, 4) is 0 Å². The third kappa shape index (κ3) is 4.62. The minimum atomic E-state index is -0.307. The minimum absolute atomic E-state index is 0.0935. The Labute approximate surface area is 160 Å². The Balaban J connectivity index is 1.76. The van der Waals surface area contributed by atoms with Crippen LogP contribution in [0.25, 0.3) is 0 Å². The van der Waals surface area contributed by atoms with Crippen LogP contribution in [0.4, 0.5) is 5.69 Å². The lowest BCUT2D eigenvalue weighted by molar-refractivity contribution is -0.126. The first-order valence-electron chi connectivity index (χ1n) is 9.35. The Bertz CT molecular complexity index is 796. The van der Waals surface area contributed by atoms with E-state index in [0.29, 0.717) is 29.9 Å². The van der Waals surface area contributed by atoms with E-state index in [4.69, 9.17) is 4.74 Å². The molecule has 1 N–H and O–H groups in total. The summed E-state index contributed by atoms with van der Waals surface area (Å²) in [5.74, 6) is -0.225. The predicted molar refractivity (Wildman–Crippen MR) is 106 cm³/mol. The molecule has 5 heteroatoms. The van der Waals surface area contributed by atoms with Gasteiger partial charge in [-0.15, -0.1) is 0 Å². The summed E-state index contributed by atoms with van der Waals surface area (Å²) < 4.78 is 5.75. The fraction of sp³-hybridized carbons (Fsp3) is 0.364. The van der Waals surface area contributed by atoms with Crippen molar-refractivity contribution in [1.29, 1.82) is 0 Å². The van der Waals surface area contributed by atoms with Gasteiger partial charge in [-0.05, 0) is 32.9 Å². The third-order valence-corrected chi connectivity index (χ3v) is 4.84. The van der Waals surface area contributed by atoms with Crippen LogP contribution < -0.4 is 5.32 Å². The van der Waals surface area contributed by atoms with Gasteiger partial charge in [0.25, 0.3) is 0 Å². The van der Waals surface area contributed by atoms with Crippen molar-refractivity contribution in [3.63, 3.8) is 0 Å². The molecular weight excluding hydrogens is 340 g/mol. The first-order valence-corrected chi connectivity index (χ1v) is 9.35. The third-order valence-electron chi connectivity index (χ3n) is 4.84. The van der Waals surface area contributed by atoms with Gasteiger partial charge in [0, 0.05) is 24.2 Å². The summed E-state index contributed by atoms with van der Waals surface area (Å²) in [7, 11) is 0. The van der Waals surface area contributed by atoms with E-state index in [1.807, 2.05) is 45.0 Å². The zero-order valence-corrected chi connectivity index (χ0v) is 16.0. The highest BCUT2D eigenvalue weighted by Gasteiger charge is 2.29. The molecule has 1 aliphatic heterocycles. The number of para-hydroxylation sites is 1. The lowest BCUT2D eigenvalue weighted by Crippen LogP contribution is -2.52. The van der Waals surface area contributed by atoms with Crippen molar-refractivity contribution >= 4 is 17.4 Å². The van der Waals surface area contributed by atoms with Crippen LogP contribution in [0.1, 0.15) is 36.7 Å². The zero-order valence-electron chi connectivity index (χ0n) is 16.0. The number of anilines is 1. The molecule has 142 valence electrons. The Morgan fingerprint density at radius 1 is 1.00 bits per heavy atom. The van der Waals surface area contributed by atoms with Crippen LogP contribution in [0, 0.1) is 0 Å². The summed E-state index contributed by atoms with van der Waals surface area (Å²) >= 11 is 0. The first-order chi connectivity index (χ1) is 13.0. The molecule has 2 aromatic rings. The van der Waals surface area contributed by atoms with Gasteiger partial charge in [-0.3, -0.25) is 14.5 Å². The van der Waals surface area contributed by atoms with E-state index in [0.717, 1.165) is 0 Å². The van der Waals surface area contributed by atoms with E-state index >= 15 is 0 Å². The smallest absolute Gasteiger partial charge is 0.241 e. The summed E-state index contributed by atoms with van der Waals surface area (Å²) in [6.07, 6.45) is 0.187. The lowest BCUT2D eigenvalue weighted by Gasteiger charge is -2.38. The van der Waals surface area contributed by atoms with Gasteiger partial charge in [0.05, 0.1) is 23.9 Å². The molecule has 0 aliphatic carbocycles. The first kappa shape index (κ1) is 19.3. The number of hydrogen-bond acceptors (Lipinski definition) is 4. The molecule has 0 unspecified atom stereocenters. The van der Waals surface area contributed by atoms with Crippen molar-refractivity contribution in [2.45, 2.75) is 39.0 Å². The zero-order chi connectivity index (χ0) is 19.4. The second kappa shape index (κ2) is 8.46. The second-order valence-corrected chi connectivity index (χ2v) is 7.12. The summed E-state index contributed by atoms with van der Waals surface area (Å²) in [5, 5.41) is 2.95. The van der Waals surface area contributed by atoms with Gasteiger partial charge in [0.1, 0.15) is 0 Å². The maximum atomic E-state index is 12.8. The molecular formula is C22H26N2O3. The maximum Gasteiger partial charge on any atom is 0.241 e. The van der Waals surface area contributed by atoms with Crippen molar-refractivity contribution in [2.24, 2.45) is 0 Å². The Morgan fingerprint density at radius 2 is 1.59 bits per heavy atom. The number of carbonyl (C=O) groups is 2. The van der Waals surface area contributed by atoms with Gasteiger partial charge >= 0.3 is 0 Å². The largest absolute Gasteiger partial charge is 0.373 e. The van der Waals surface area contributed by atoms with E-state index in [2.05, 4.69) is 10.2 Å². The number of amides is 1. The van der Waals surface area contributed by atoms with Gasteiger partial charge in [-0.25, -0.2) is 0 Å². The number of ether oxygens (including phenoxy) is 1. The van der Waals surface area contributed by atoms with Crippen molar-refractivity contribution in [2.75, 3.05) is 18.4 Å². The fourth-order valence-electron chi connectivity index (χ4n) is 3.47.